The van der Waals surface area contributed by atoms with Crippen LogP contribution in [0.15, 0.2) is 36.4 Å². The minimum atomic E-state index is -3.63. The summed E-state index contributed by atoms with van der Waals surface area (Å²) in [5.41, 5.74) is 2.77. The van der Waals surface area contributed by atoms with E-state index in [1.54, 1.807) is 30.3 Å². The highest BCUT2D eigenvalue weighted by Crippen LogP contribution is 2.32. The van der Waals surface area contributed by atoms with Gasteiger partial charge in [0.25, 0.3) is 0 Å². The molecule has 0 saturated heterocycles. The second kappa shape index (κ2) is 7.48. The van der Waals surface area contributed by atoms with Crippen molar-refractivity contribution in [3.63, 3.8) is 0 Å². The van der Waals surface area contributed by atoms with Crippen LogP contribution in [0.5, 0.6) is 11.5 Å². The molecule has 8 heteroatoms. The standard InChI is InChI=1S/C19H22N2O5S/c1-13-5-4-6-16(14(13)2)21(27(3,23)24)12-19(22)20-15-7-8-17-18(11-15)26-10-9-25-17/h4-8,11H,9-10,12H2,1-3H3,(H,20,22). The predicted octanol–water partition coefficient (Wildman–Crippen LogP) is 2.48. The van der Waals surface area contributed by atoms with Crippen LogP contribution >= 0.6 is 0 Å². The van der Waals surface area contributed by atoms with Crippen LogP contribution in [0.25, 0.3) is 0 Å². The fourth-order valence-corrected chi connectivity index (χ4v) is 3.75. The molecule has 0 radical (unpaired) electrons. The van der Waals surface area contributed by atoms with Gasteiger partial charge in [-0.25, -0.2) is 8.42 Å². The Morgan fingerprint density at radius 3 is 2.52 bits per heavy atom. The first-order valence-electron chi connectivity index (χ1n) is 8.49. The maximum Gasteiger partial charge on any atom is 0.245 e. The molecule has 0 fully saturated rings. The Hall–Kier alpha value is -2.74. The largest absolute Gasteiger partial charge is 0.486 e. The van der Waals surface area contributed by atoms with Gasteiger partial charge in [0, 0.05) is 11.8 Å². The van der Waals surface area contributed by atoms with Crippen molar-refractivity contribution in [3.05, 3.63) is 47.5 Å². The minimum Gasteiger partial charge on any atom is -0.486 e. The molecular weight excluding hydrogens is 368 g/mol. The van der Waals surface area contributed by atoms with Gasteiger partial charge in [-0.3, -0.25) is 9.10 Å². The summed E-state index contributed by atoms with van der Waals surface area (Å²) < 4.78 is 36.6. The molecule has 0 spiro atoms. The molecule has 1 amide bonds. The lowest BCUT2D eigenvalue weighted by atomic mass is 10.1. The number of carbonyl (C=O) groups is 1. The molecule has 1 aliphatic rings. The number of hydrogen-bond donors (Lipinski definition) is 1. The fraction of sp³-hybridized carbons (Fsp3) is 0.316. The molecule has 0 unspecified atom stereocenters. The van der Waals surface area contributed by atoms with Crippen molar-refractivity contribution in [1.29, 1.82) is 0 Å². The van der Waals surface area contributed by atoms with Gasteiger partial charge in [0.05, 0.1) is 11.9 Å². The van der Waals surface area contributed by atoms with E-state index < -0.39 is 15.9 Å². The Kier molecular flexibility index (Phi) is 5.27. The van der Waals surface area contributed by atoms with Crippen LogP contribution in [0.1, 0.15) is 11.1 Å². The average molecular weight is 390 g/mol. The van der Waals surface area contributed by atoms with Gasteiger partial charge in [0.15, 0.2) is 11.5 Å². The van der Waals surface area contributed by atoms with Crippen LogP contribution < -0.4 is 19.1 Å². The summed E-state index contributed by atoms with van der Waals surface area (Å²) in [7, 11) is -3.63. The zero-order chi connectivity index (χ0) is 19.6. The number of aryl methyl sites for hydroxylation is 1. The van der Waals surface area contributed by atoms with E-state index in [1.807, 2.05) is 19.9 Å². The van der Waals surface area contributed by atoms with Crippen molar-refractivity contribution < 1.29 is 22.7 Å². The van der Waals surface area contributed by atoms with Gasteiger partial charge >= 0.3 is 0 Å². The highest BCUT2D eigenvalue weighted by molar-refractivity contribution is 7.92. The number of fused-ring (bicyclic) bond motifs is 1. The smallest absolute Gasteiger partial charge is 0.245 e. The van der Waals surface area contributed by atoms with Crippen LogP contribution in [0.4, 0.5) is 11.4 Å². The van der Waals surface area contributed by atoms with E-state index in [0.717, 1.165) is 21.7 Å². The highest BCUT2D eigenvalue weighted by Gasteiger charge is 2.23. The molecule has 1 aliphatic heterocycles. The SMILES string of the molecule is Cc1cccc(N(CC(=O)Nc2ccc3c(c2)OCCO3)S(C)(=O)=O)c1C. The summed E-state index contributed by atoms with van der Waals surface area (Å²) in [6.07, 6.45) is 1.09. The predicted molar refractivity (Wildman–Crippen MR) is 104 cm³/mol. The summed E-state index contributed by atoms with van der Waals surface area (Å²) in [5, 5.41) is 2.72. The van der Waals surface area contributed by atoms with Crippen molar-refractivity contribution in [2.24, 2.45) is 0 Å². The van der Waals surface area contributed by atoms with Crippen molar-refractivity contribution in [2.75, 3.05) is 35.6 Å². The van der Waals surface area contributed by atoms with E-state index in [4.69, 9.17) is 9.47 Å². The number of nitrogens with zero attached hydrogens (tertiary/aromatic N) is 1. The third-order valence-corrected chi connectivity index (χ3v) is 5.48. The van der Waals surface area contributed by atoms with E-state index in [2.05, 4.69) is 5.32 Å². The number of amides is 1. The Labute approximate surface area is 158 Å². The summed E-state index contributed by atoms with van der Waals surface area (Å²) >= 11 is 0. The molecule has 0 aromatic heterocycles. The first-order valence-corrected chi connectivity index (χ1v) is 10.3. The third-order valence-electron chi connectivity index (χ3n) is 4.36. The molecule has 0 atom stereocenters. The highest BCUT2D eigenvalue weighted by atomic mass is 32.2. The number of ether oxygens (including phenoxy) is 2. The number of sulfonamides is 1. The molecule has 0 bridgehead atoms. The zero-order valence-corrected chi connectivity index (χ0v) is 16.3. The maximum absolute atomic E-state index is 12.5. The summed E-state index contributed by atoms with van der Waals surface area (Å²) in [6, 6.07) is 10.4. The van der Waals surface area contributed by atoms with Gasteiger partial charge in [-0.05, 0) is 43.2 Å². The van der Waals surface area contributed by atoms with Crippen molar-refractivity contribution in [3.8, 4) is 11.5 Å². The molecule has 27 heavy (non-hydrogen) atoms. The normalized spacial score (nSPS) is 13.1. The van der Waals surface area contributed by atoms with E-state index in [0.29, 0.717) is 36.1 Å². The van der Waals surface area contributed by atoms with Gasteiger partial charge in [0.2, 0.25) is 15.9 Å². The van der Waals surface area contributed by atoms with Crippen molar-refractivity contribution in [1.82, 2.24) is 0 Å². The second-order valence-electron chi connectivity index (χ2n) is 6.40. The van der Waals surface area contributed by atoms with Gasteiger partial charge < -0.3 is 14.8 Å². The monoisotopic (exact) mass is 390 g/mol. The molecule has 2 aromatic rings. The van der Waals surface area contributed by atoms with Crippen LogP contribution in [-0.4, -0.2) is 40.3 Å². The number of hydrogen-bond acceptors (Lipinski definition) is 5. The first kappa shape index (κ1) is 19.0. The Morgan fingerprint density at radius 2 is 1.81 bits per heavy atom. The number of anilines is 2. The third kappa shape index (κ3) is 4.33. The van der Waals surface area contributed by atoms with E-state index in [9.17, 15) is 13.2 Å². The second-order valence-corrected chi connectivity index (χ2v) is 8.30. The number of rotatable bonds is 5. The first-order chi connectivity index (χ1) is 12.8. The van der Waals surface area contributed by atoms with E-state index in [-0.39, 0.29) is 6.54 Å². The van der Waals surface area contributed by atoms with Crippen LogP contribution in [0.2, 0.25) is 0 Å². The Bertz CT molecular complexity index is 972. The lowest BCUT2D eigenvalue weighted by Gasteiger charge is -2.24. The lowest BCUT2D eigenvalue weighted by Crippen LogP contribution is -2.38. The van der Waals surface area contributed by atoms with Gasteiger partial charge in [-0.2, -0.15) is 0 Å². The topological polar surface area (TPSA) is 84.9 Å². The average Bonchev–Trinajstić information content (AvgIpc) is 2.61. The quantitative estimate of drug-likeness (QED) is 0.848. The summed E-state index contributed by atoms with van der Waals surface area (Å²) in [4.78, 5) is 12.5. The maximum atomic E-state index is 12.5. The Balaban J connectivity index is 1.80. The molecule has 0 saturated carbocycles. The zero-order valence-electron chi connectivity index (χ0n) is 15.5. The fourth-order valence-electron chi connectivity index (χ4n) is 2.84. The van der Waals surface area contributed by atoms with Crippen molar-refractivity contribution >= 4 is 27.3 Å². The molecule has 7 nitrogen and oxygen atoms in total. The number of benzene rings is 2. The molecule has 1 N–H and O–H groups in total. The Morgan fingerprint density at radius 1 is 1.11 bits per heavy atom. The van der Waals surface area contributed by atoms with Crippen LogP contribution in [-0.2, 0) is 14.8 Å². The molecule has 144 valence electrons. The molecular formula is C19H22N2O5S. The van der Waals surface area contributed by atoms with Gasteiger partial charge in [0.1, 0.15) is 19.8 Å². The number of nitrogens with one attached hydrogen (secondary N) is 1. The van der Waals surface area contributed by atoms with Gasteiger partial charge in [-0.1, -0.05) is 12.1 Å². The van der Waals surface area contributed by atoms with E-state index >= 15 is 0 Å². The summed E-state index contributed by atoms with van der Waals surface area (Å²) in [5.74, 6) is 0.721. The molecule has 1 heterocycles. The minimum absolute atomic E-state index is 0.322. The molecule has 2 aromatic carbocycles. The van der Waals surface area contributed by atoms with Gasteiger partial charge in [-0.15, -0.1) is 0 Å². The summed E-state index contributed by atoms with van der Waals surface area (Å²) in [6.45, 7) is 4.34. The van der Waals surface area contributed by atoms with E-state index in [1.165, 1.54) is 0 Å². The molecule has 3 rings (SSSR count). The van der Waals surface area contributed by atoms with Crippen LogP contribution in [0.3, 0.4) is 0 Å². The van der Waals surface area contributed by atoms with Crippen molar-refractivity contribution in [2.45, 2.75) is 13.8 Å². The van der Waals surface area contributed by atoms with Crippen LogP contribution in [0, 0.1) is 13.8 Å². The lowest BCUT2D eigenvalue weighted by molar-refractivity contribution is -0.114. The molecule has 0 aliphatic carbocycles. The number of carbonyl (C=O) groups excluding carboxylic acids is 1.